The fraction of sp³-hybridized carbons (Fsp3) is 0.231. The van der Waals surface area contributed by atoms with Gasteiger partial charge in [0.05, 0.1) is 5.54 Å². The van der Waals surface area contributed by atoms with E-state index >= 15 is 0 Å². The third-order valence-corrected chi connectivity index (χ3v) is 4.58. The standard InChI is InChI=1S/C13H14BrNS/c1-9-5-3-4-6-10(9)13(2,15)11-7-16-8-12(11)14/h3-8H,15H2,1-2H3. The van der Waals surface area contributed by atoms with Gasteiger partial charge in [0.2, 0.25) is 0 Å². The minimum Gasteiger partial charge on any atom is -0.318 e. The molecule has 0 aliphatic rings. The highest BCUT2D eigenvalue weighted by Crippen LogP contribution is 2.35. The third kappa shape index (κ3) is 1.95. The summed E-state index contributed by atoms with van der Waals surface area (Å²) in [7, 11) is 0. The number of rotatable bonds is 2. The van der Waals surface area contributed by atoms with Gasteiger partial charge in [0, 0.05) is 15.4 Å². The van der Waals surface area contributed by atoms with Crippen LogP contribution in [-0.2, 0) is 5.54 Å². The molecule has 0 aliphatic heterocycles. The Morgan fingerprint density at radius 2 is 1.88 bits per heavy atom. The van der Waals surface area contributed by atoms with Crippen molar-refractivity contribution < 1.29 is 0 Å². The fourth-order valence-electron chi connectivity index (χ4n) is 1.95. The zero-order valence-corrected chi connectivity index (χ0v) is 11.7. The number of halogens is 1. The highest BCUT2D eigenvalue weighted by atomic mass is 79.9. The summed E-state index contributed by atoms with van der Waals surface area (Å²) in [6, 6.07) is 8.27. The minimum absolute atomic E-state index is 0.440. The van der Waals surface area contributed by atoms with Gasteiger partial charge in [-0.15, -0.1) is 0 Å². The molecular weight excluding hydrogens is 282 g/mol. The maximum atomic E-state index is 6.48. The molecule has 3 heteroatoms. The Morgan fingerprint density at radius 3 is 2.44 bits per heavy atom. The summed E-state index contributed by atoms with van der Waals surface area (Å²) in [5.41, 5.74) is 9.59. The highest BCUT2D eigenvalue weighted by Gasteiger charge is 2.27. The van der Waals surface area contributed by atoms with E-state index in [1.807, 2.05) is 12.1 Å². The monoisotopic (exact) mass is 295 g/mol. The first-order chi connectivity index (χ1) is 7.53. The topological polar surface area (TPSA) is 26.0 Å². The maximum absolute atomic E-state index is 6.48. The number of hydrogen-bond acceptors (Lipinski definition) is 2. The predicted octanol–water partition coefficient (Wildman–Crippen LogP) is 4.04. The van der Waals surface area contributed by atoms with Gasteiger partial charge in [0.15, 0.2) is 0 Å². The quantitative estimate of drug-likeness (QED) is 0.889. The van der Waals surface area contributed by atoms with Crippen LogP contribution >= 0.6 is 27.3 Å². The van der Waals surface area contributed by atoms with Crippen molar-refractivity contribution in [3.63, 3.8) is 0 Å². The van der Waals surface area contributed by atoms with E-state index in [4.69, 9.17) is 5.73 Å². The van der Waals surface area contributed by atoms with Crippen LogP contribution in [0, 0.1) is 6.92 Å². The second kappa shape index (κ2) is 4.32. The van der Waals surface area contributed by atoms with E-state index in [9.17, 15) is 0 Å². The van der Waals surface area contributed by atoms with E-state index < -0.39 is 5.54 Å². The van der Waals surface area contributed by atoms with E-state index in [1.54, 1.807) is 11.3 Å². The van der Waals surface area contributed by atoms with Crippen LogP contribution in [0.2, 0.25) is 0 Å². The molecule has 2 aromatic rings. The fourth-order valence-corrected chi connectivity index (χ4v) is 3.78. The van der Waals surface area contributed by atoms with Crippen LogP contribution in [0.15, 0.2) is 39.5 Å². The van der Waals surface area contributed by atoms with Gasteiger partial charge in [0.1, 0.15) is 0 Å². The summed E-state index contributed by atoms with van der Waals surface area (Å²) in [5.74, 6) is 0. The van der Waals surface area contributed by atoms with E-state index in [-0.39, 0.29) is 0 Å². The first-order valence-corrected chi connectivity index (χ1v) is 6.84. The van der Waals surface area contributed by atoms with E-state index in [0.717, 1.165) is 10.0 Å². The molecule has 0 fully saturated rings. The average Bonchev–Trinajstić information content (AvgIpc) is 2.65. The van der Waals surface area contributed by atoms with Gasteiger partial charge in [-0.1, -0.05) is 24.3 Å². The Bertz CT molecular complexity index is 502. The normalized spacial score (nSPS) is 14.8. The average molecular weight is 296 g/mol. The van der Waals surface area contributed by atoms with Crippen LogP contribution in [-0.4, -0.2) is 0 Å². The van der Waals surface area contributed by atoms with Crippen molar-refractivity contribution in [2.75, 3.05) is 0 Å². The maximum Gasteiger partial charge on any atom is 0.0658 e. The van der Waals surface area contributed by atoms with Gasteiger partial charge in [-0.3, -0.25) is 0 Å². The number of benzene rings is 1. The molecule has 0 aliphatic carbocycles. The molecule has 1 aromatic carbocycles. The SMILES string of the molecule is Cc1ccccc1C(C)(N)c1cscc1Br. The highest BCUT2D eigenvalue weighted by molar-refractivity contribution is 9.10. The number of nitrogens with two attached hydrogens (primary N) is 1. The second-order valence-corrected chi connectivity index (χ2v) is 5.75. The molecule has 1 nitrogen and oxygen atoms in total. The lowest BCUT2D eigenvalue weighted by atomic mass is 9.85. The van der Waals surface area contributed by atoms with Gasteiger partial charge < -0.3 is 5.73 Å². The molecule has 1 atom stereocenters. The van der Waals surface area contributed by atoms with Crippen LogP contribution in [0.5, 0.6) is 0 Å². The zero-order valence-electron chi connectivity index (χ0n) is 9.33. The summed E-state index contributed by atoms with van der Waals surface area (Å²) < 4.78 is 1.09. The first-order valence-electron chi connectivity index (χ1n) is 5.10. The summed E-state index contributed by atoms with van der Waals surface area (Å²) in [6.45, 7) is 4.16. The summed E-state index contributed by atoms with van der Waals surface area (Å²) in [6.07, 6.45) is 0. The molecule has 2 rings (SSSR count). The van der Waals surface area contributed by atoms with Gasteiger partial charge in [-0.25, -0.2) is 0 Å². The van der Waals surface area contributed by atoms with Crippen LogP contribution in [0.3, 0.4) is 0 Å². The largest absolute Gasteiger partial charge is 0.318 e. The lowest BCUT2D eigenvalue weighted by Gasteiger charge is -2.27. The molecular formula is C13H14BrNS. The van der Waals surface area contributed by atoms with Gasteiger partial charge in [-0.05, 0) is 46.3 Å². The molecule has 0 spiro atoms. The summed E-state index contributed by atoms with van der Waals surface area (Å²) in [4.78, 5) is 0. The Morgan fingerprint density at radius 1 is 1.19 bits per heavy atom. The van der Waals surface area contributed by atoms with Crippen molar-refractivity contribution in [2.45, 2.75) is 19.4 Å². The zero-order chi connectivity index (χ0) is 11.8. The molecule has 0 amide bonds. The van der Waals surface area contributed by atoms with E-state index in [1.165, 1.54) is 11.1 Å². The third-order valence-electron chi connectivity index (χ3n) is 2.88. The molecule has 0 saturated carbocycles. The van der Waals surface area contributed by atoms with Crippen LogP contribution in [0.1, 0.15) is 23.6 Å². The van der Waals surface area contributed by atoms with Crippen LogP contribution < -0.4 is 5.73 Å². The first kappa shape index (κ1) is 11.8. The molecule has 1 unspecified atom stereocenters. The number of aryl methyl sites for hydroxylation is 1. The van der Waals surface area contributed by atoms with Crippen molar-refractivity contribution in [1.82, 2.24) is 0 Å². The van der Waals surface area contributed by atoms with Gasteiger partial charge in [-0.2, -0.15) is 11.3 Å². The molecule has 1 heterocycles. The molecule has 0 saturated heterocycles. The minimum atomic E-state index is -0.440. The molecule has 0 radical (unpaired) electrons. The molecule has 2 N–H and O–H groups in total. The molecule has 0 bridgehead atoms. The molecule has 1 aromatic heterocycles. The molecule has 16 heavy (non-hydrogen) atoms. The summed E-state index contributed by atoms with van der Waals surface area (Å²) in [5, 5.41) is 4.18. The van der Waals surface area contributed by atoms with Crippen LogP contribution in [0.4, 0.5) is 0 Å². The Balaban J connectivity index is 2.55. The van der Waals surface area contributed by atoms with Gasteiger partial charge >= 0.3 is 0 Å². The Kier molecular flexibility index (Phi) is 3.19. The Hall–Kier alpha value is -0.640. The number of thiophene rings is 1. The van der Waals surface area contributed by atoms with Crippen molar-refractivity contribution in [3.05, 3.63) is 56.2 Å². The van der Waals surface area contributed by atoms with Gasteiger partial charge in [0.25, 0.3) is 0 Å². The predicted molar refractivity (Wildman–Crippen MR) is 73.8 cm³/mol. The lowest BCUT2D eigenvalue weighted by Crippen LogP contribution is -2.34. The van der Waals surface area contributed by atoms with E-state index in [0.29, 0.717) is 0 Å². The second-order valence-electron chi connectivity index (χ2n) is 4.15. The smallest absolute Gasteiger partial charge is 0.0658 e. The summed E-state index contributed by atoms with van der Waals surface area (Å²) >= 11 is 5.22. The van der Waals surface area contributed by atoms with Crippen molar-refractivity contribution >= 4 is 27.3 Å². The lowest BCUT2D eigenvalue weighted by molar-refractivity contribution is 0.598. The van der Waals surface area contributed by atoms with Crippen molar-refractivity contribution in [2.24, 2.45) is 5.73 Å². The van der Waals surface area contributed by atoms with Crippen LogP contribution in [0.25, 0.3) is 0 Å². The van der Waals surface area contributed by atoms with E-state index in [2.05, 4.69) is 52.7 Å². The van der Waals surface area contributed by atoms with Crippen molar-refractivity contribution in [1.29, 1.82) is 0 Å². The molecule has 84 valence electrons. The number of hydrogen-bond donors (Lipinski definition) is 1. The van der Waals surface area contributed by atoms with Crippen molar-refractivity contribution in [3.8, 4) is 0 Å². The Labute approximate surface area is 108 Å².